The van der Waals surface area contributed by atoms with Gasteiger partial charge < -0.3 is 14.8 Å². The van der Waals surface area contributed by atoms with Crippen LogP contribution < -0.4 is 14.8 Å². The van der Waals surface area contributed by atoms with Crippen molar-refractivity contribution in [1.82, 2.24) is 10.2 Å². The highest BCUT2D eigenvalue weighted by Gasteiger charge is 2.17. The van der Waals surface area contributed by atoms with Gasteiger partial charge in [-0.25, -0.2) is 0 Å². The van der Waals surface area contributed by atoms with E-state index in [-0.39, 0.29) is 11.9 Å². The highest BCUT2D eigenvalue weighted by atomic mass is 16.5. The van der Waals surface area contributed by atoms with Gasteiger partial charge in [0.15, 0.2) is 11.5 Å². The molecule has 3 rings (SSSR count). The predicted molar refractivity (Wildman–Crippen MR) is 120 cm³/mol. The largest absolute Gasteiger partial charge is 0.493 e. The van der Waals surface area contributed by atoms with Crippen LogP contribution in [0, 0.1) is 0 Å². The predicted octanol–water partition coefficient (Wildman–Crippen LogP) is 4.96. The fourth-order valence-electron chi connectivity index (χ4n) is 4.05. The summed E-state index contributed by atoms with van der Waals surface area (Å²) in [6, 6.07) is 13.7. The number of nitrogens with zero attached hydrogens (tertiary/aromatic N) is 1. The van der Waals surface area contributed by atoms with Gasteiger partial charge in [0.25, 0.3) is 5.91 Å². The molecule has 1 amide bonds. The third kappa shape index (κ3) is 5.76. The van der Waals surface area contributed by atoms with Crippen molar-refractivity contribution in [2.75, 3.05) is 27.3 Å². The molecule has 0 aliphatic carbocycles. The lowest BCUT2D eigenvalue weighted by molar-refractivity contribution is 0.0935. The molecule has 0 radical (unpaired) electrons. The Morgan fingerprint density at radius 2 is 1.63 bits per heavy atom. The number of methoxy groups -OCH3 is 2. The molecule has 0 aromatic heterocycles. The summed E-state index contributed by atoms with van der Waals surface area (Å²) in [6.45, 7) is 5.37. The average Bonchev–Trinajstić information content (AvgIpc) is 3.06. The molecule has 5 nitrogen and oxygen atoms in total. The third-order valence-corrected chi connectivity index (χ3v) is 5.84. The molecular weight excluding hydrogens is 376 g/mol. The lowest BCUT2D eigenvalue weighted by atomic mass is 10.0. The van der Waals surface area contributed by atoms with Crippen LogP contribution in [-0.4, -0.2) is 38.1 Å². The summed E-state index contributed by atoms with van der Waals surface area (Å²) in [5.74, 6) is 1.29. The van der Waals surface area contributed by atoms with Crippen LogP contribution in [0.4, 0.5) is 0 Å². The van der Waals surface area contributed by atoms with Gasteiger partial charge in [0.2, 0.25) is 0 Å². The van der Waals surface area contributed by atoms with Crippen molar-refractivity contribution >= 4 is 5.91 Å². The molecule has 5 heteroatoms. The van der Waals surface area contributed by atoms with E-state index < -0.39 is 0 Å². The summed E-state index contributed by atoms with van der Waals surface area (Å²) in [4.78, 5) is 15.4. The molecule has 1 saturated heterocycles. The number of carbonyl (C=O) groups excluding carboxylic acids is 1. The van der Waals surface area contributed by atoms with Crippen molar-refractivity contribution in [2.24, 2.45) is 0 Å². The van der Waals surface area contributed by atoms with Crippen molar-refractivity contribution < 1.29 is 14.3 Å². The Hall–Kier alpha value is -2.53. The van der Waals surface area contributed by atoms with Gasteiger partial charge in [0.05, 0.1) is 20.3 Å². The second-order valence-electron chi connectivity index (χ2n) is 7.94. The summed E-state index contributed by atoms with van der Waals surface area (Å²) in [5.41, 5.74) is 2.95. The molecule has 30 heavy (non-hydrogen) atoms. The molecule has 2 aromatic rings. The summed E-state index contributed by atoms with van der Waals surface area (Å²) < 4.78 is 10.7. The summed E-state index contributed by atoms with van der Waals surface area (Å²) in [7, 11) is 3.24. The molecule has 1 aliphatic rings. The number of hydrogen-bond acceptors (Lipinski definition) is 4. The molecule has 1 atom stereocenters. The zero-order valence-corrected chi connectivity index (χ0v) is 18.4. The molecular formula is C25H34N2O3. The number of ether oxygens (including phenoxy) is 2. The molecule has 1 aliphatic heterocycles. The van der Waals surface area contributed by atoms with E-state index >= 15 is 0 Å². The standard InChI is InChI=1S/C25H34N2O3/c1-4-22(21-13-14-23(29-2)24(17-21)30-3)26-25(28)20-11-9-19(10-12-20)18-27-15-7-5-6-8-16-27/h9-14,17,22H,4-8,15-16,18H2,1-3H3,(H,26,28)/t22-/m1/s1. The third-order valence-electron chi connectivity index (χ3n) is 5.84. The number of likely N-dealkylation sites (tertiary alicyclic amines) is 1. The van der Waals surface area contributed by atoms with Crippen LogP contribution >= 0.6 is 0 Å². The highest BCUT2D eigenvalue weighted by molar-refractivity contribution is 5.94. The van der Waals surface area contributed by atoms with Crippen LogP contribution in [0.3, 0.4) is 0 Å². The van der Waals surface area contributed by atoms with Gasteiger partial charge in [-0.15, -0.1) is 0 Å². The van der Waals surface area contributed by atoms with E-state index in [1.54, 1.807) is 14.2 Å². The van der Waals surface area contributed by atoms with Crippen molar-refractivity contribution in [2.45, 2.75) is 51.6 Å². The monoisotopic (exact) mass is 410 g/mol. The number of carbonyl (C=O) groups is 1. The van der Waals surface area contributed by atoms with Gasteiger partial charge >= 0.3 is 0 Å². The highest BCUT2D eigenvalue weighted by Crippen LogP contribution is 2.31. The van der Waals surface area contributed by atoms with Crippen LogP contribution in [0.1, 0.15) is 66.6 Å². The fourth-order valence-corrected chi connectivity index (χ4v) is 4.05. The van der Waals surface area contributed by atoms with Gasteiger partial charge in [0.1, 0.15) is 0 Å². The number of benzene rings is 2. The number of rotatable bonds is 8. The minimum absolute atomic E-state index is 0.0574. The van der Waals surface area contributed by atoms with E-state index in [1.807, 2.05) is 30.3 Å². The van der Waals surface area contributed by atoms with E-state index in [0.29, 0.717) is 17.1 Å². The second kappa shape index (κ2) is 11.0. The number of nitrogens with one attached hydrogen (secondary N) is 1. The maximum atomic E-state index is 12.8. The van der Waals surface area contributed by atoms with Crippen molar-refractivity contribution in [3.8, 4) is 11.5 Å². The molecule has 162 valence electrons. The molecule has 2 aromatic carbocycles. The molecule has 1 N–H and O–H groups in total. The maximum absolute atomic E-state index is 12.8. The number of hydrogen-bond donors (Lipinski definition) is 1. The number of amides is 1. The van der Waals surface area contributed by atoms with Crippen LogP contribution in [0.5, 0.6) is 11.5 Å². The van der Waals surface area contributed by atoms with E-state index in [9.17, 15) is 4.79 Å². The first-order valence-corrected chi connectivity index (χ1v) is 11.0. The Bertz CT molecular complexity index is 812. The van der Waals surface area contributed by atoms with Crippen LogP contribution in [-0.2, 0) is 6.54 Å². The average molecular weight is 411 g/mol. The Labute approximate surface area is 180 Å². The lowest BCUT2D eigenvalue weighted by Gasteiger charge is -2.20. The first-order valence-electron chi connectivity index (χ1n) is 11.0. The van der Waals surface area contributed by atoms with Gasteiger partial charge in [-0.1, -0.05) is 38.0 Å². The van der Waals surface area contributed by atoms with E-state index in [2.05, 4.69) is 29.3 Å². The molecule has 0 saturated carbocycles. The van der Waals surface area contributed by atoms with Gasteiger partial charge in [-0.05, 0) is 67.7 Å². The maximum Gasteiger partial charge on any atom is 0.251 e. The van der Waals surface area contributed by atoms with Gasteiger partial charge in [0, 0.05) is 12.1 Å². The smallest absolute Gasteiger partial charge is 0.251 e. The summed E-state index contributed by atoms with van der Waals surface area (Å²) in [6.07, 6.45) is 6.04. The first-order chi connectivity index (χ1) is 14.6. The first kappa shape index (κ1) is 22.2. The SMILES string of the molecule is CC[C@@H](NC(=O)c1ccc(CN2CCCCCC2)cc1)c1ccc(OC)c(OC)c1. The quantitative estimate of drug-likeness (QED) is 0.668. The van der Waals surface area contributed by atoms with Gasteiger partial charge in [-0.2, -0.15) is 0 Å². The minimum Gasteiger partial charge on any atom is -0.493 e. The van der Waals surface area contributed by atoms with Gasteiger partial charge in [-0.3, -0.25) is 9.69 Å². The fraction of sp³-hybridized carbons (Fsp3) is 0.480. The van der Waals surface area contributed by atoms with Crippen molar-refractivity contribution in [3.63, 3.8) is 0 Å². The zero-order valence-electron chi connectivity index (χ0n) is 18.4. The van der Waals surface area contributed by atoms with Crippen molar-refractivity contribution in [3.05, 3.63) is 59.2 Å². The Kier molecular flexibility index (Phi) is 8.14. The molecule has 0 unspecified atom stereocenters. The summed E-state index contributed by atoms with van der Waals surface area (Å²) >= 11 is 0. The molecule has 1 heterocycles. The normalized spacial score (nSPS) is 15.8. The van der Waals surface area contributed by atoms with E-state index in [1.165, 1.54) is 44.3 Å². The Morgan fingerprint density at radius 3 is 2.23 bits per heavy atom. The van der Waals surface area contributed by atoms with Crippen LogP contribution in [0.25, 0.3) is 0 Å². The topological polar surface area (TPSA) is 50.8 Å². The van der Waals surface area contributed by atoms with E-state index in [0.717, 1.165) is 18.5 Å². The zero-order chi connectivity index (χ0) is 21.3. The lowest BCUT2D eigenvalue weighted by Crippen LogP contribution is -2.28. The summed E-state index contributed by atoms with van der Waals surface area (Å²) in [5, 5.41) is 3.15. The molecule has 0 bridgehead atoms. The van der Waals surface area contributed by atoms with Crippen LogP contribution in [0.15, 0.2) is 42.5 Å². The van der Waals surface area contributed by atoms with Crippen LogP contribution in [0.2, 0.25) is 0 Å². The van der Waals surface area contributed by atoms with Crippen molar-refractivity contribution in [1.29, 1.82) is 0 Å². The minimum atomic E-state index is -0.0888. The van der Waals surface area contributed by atoms with E-state index in [4.69, 9.17) is 9.47 Å². The second-order valence-corrected chi connectivity index (χ2v) is 7.94. The molecule has 1 fully saturated rings. The Balaban J connectivity index is 1.64. The Morgan fingerprint density at radius 1 is 0.967 bits per heavy atom. The molecule has 0 spiro atoms.